The number of ether oxygens (including phenoxy) is 2. The first-order chi connectivity index (χ1) is 14.0. The van der Waals surface area contributed by atoms with Gasteiger partial charge in [0.25, 0.3) is 0 Å². The third kappa shape index (κ3) is 2.46. The standard InChI is InChI=1S/C22H28O8/c1-11-13-6-14(25)17-21(10-30-19(28)22(17,7-13)18(11)27)5-4-16(26)20(3,15(21)8-23)9-29-12(2)24/h8,13-17,25-26H,1,4-7,9-10H2,2-3H3/t13-,14-,15-,16+,17+,20+,21?,22?/m1/s1. The maximum absolute atomic E-state index is 13.2. The Morgan fingerprint density at radius 2 is 2.07 bits per heavy atom. The van der Waals surface area contributed by atoms with Crippen molar-refractivity contribution in [2.24, 2.45) is 34.0 Å². The van der Waals surface area contributed by atoms with Crippen LogP contribution >= 0.6 is 0 Å². The quantitative estimate of drug-likeness (QED) is 0.294. The van der Waals surface area contributed by atoms with Gasteiger partial charge in [-0.3, -0.25) is 14.4 Å². The molecule has 3 saturated carbocycles. The van der Waals surface area contributed by atoms with Gasteiger partial charge in [-0.2, -0.15) is 0 Å². The van der Waals surface area contributed by atoms with Gasteiger partial charge in [-0.25, -0.2) is 0 Å². The summed E-state index contributed by atoms with van der Waals surface area (Å²) in [5.74, 6) is -3.62. The number of aliphatic hydroxyl groups excluding tert-OH is 2. The van der Waals surface area contributed by atoms with E-state index in [1.165, 1.54) is 6.92 Å². The SMILES string of the molecule is C=C1C(=O)C23C[C@H]1C[C@@H](O)[C@H]2C1(CC[C@H](O)[C@@](C)(COC(C)=O)[C@H]1C=O)COC3=O. The van der Waals surface area contributed by atoms with Crippen LogP contribution in [0.4, 0.5) is 0 Å². The molecule has 0 aromatic rings. The average Bonchev–Trinajstić information content (AvgIpc) is 2.89. The molecule has 2 N–H and O–H groups in total. The van der Waals surface area contributed by atoms with Crippen molar-refractivity contribution in [2.75, 3.05) is 13.2 Å². The van der Waals surface area contributed by atoms with Crippen LogP contribution in [0.3, 0.4) is 0 Å². The lowest BCUT2D eigenvalue weighted by Gasteiger charge is -2.61. The summed E-state index contributed by atoms with van der Waals surface area (Å²) in [6, 6.07) is 0. The summed E-state index contributed by atoms with van der Waals surface area (Å²) in [7, 11) is 0. The first-order valence-corrected chi connectivity index (χ1v) is 10.4. The van der Waals surface area contributed by atoms with Crippen molar-refractivity contribution in [3.05, 3.63) is 12.2 Å². The number of carbonyl (C=O) groups is 4. The van der Waals surface area contributed by atoms with Crippen LogP contribution in [0.15, 0.2) is 12.2 Å². The number of fused-ring (bicyclic) bond motifs is 2. The van der Waals surface area contributed by atoms with Crippen molar-refractivity contribution in [3.8, 4) is 0 Å². The summed E-state index contributed by atoms with van der Waals surface area (Å²) in [5, 5.41) is 21.9. The van der Waals surface area contributed by atoms with Crippen molar-refractivity contribution in [2.45, 2.75) is 51.7 Å². The van der Waals surface area contributed by atoms with Gasteiger partial charge in [-0.15, -0.1) is 0 Å². The summed E-state index contributed by atoms with van der Waals surface area (Å²) >= 11 is 0. The number of esters is 2. The Morgan fingerprint density at radius 3 is 2.70 bits per heavy atom. The largest absolute Gasteiger partial charge is 0.465 e. The Kier molecular flexibility index (Phi) is 4.74. The zero-order chi connectivity index (χ0) is 22.1. The van der Waals surface area contributed by atoms with Crippen LogP contribution < -0.4 is 0 Å². The second kappa shape index (κ2) is 6.72. The predicted octanol–water partition coefficient (Wildman–Crippen LogP) is 0.581. The fourth-order valence-corrected chi connectivity index (χ4v) is 6.92. The fourth-order valence-electron chi connectivity index (χ4n) is 6.92. The smallest absolute Gasteiger partial charge is 0.320 e. The lowest BCUT2D eigenvalue weighted by Crippen LogP contribution is -2.69. The van der Waals surface area contributed by atoms with Crippen LogP contribution in [0.25, 0.3) is 0 Å². The van der Waals surface area contributed by atoms with E-state index in [0.29, 0.717) is 24.7 Å². The maximum Gasteiger partial charge on any atom is 0.320 e. The van der Waals surface area contributed by atoms with Gasteiger partial charge < -0.3 is 24.5 Å². The van der Waals surface area contributed by atoms with Gasteiger partial charge in [-0.05, 0) is 37.2 Å². The van der Waals surface area contributed by atoms with Crippen LogP contribution in [-0.2, 0) is 28.7 Å². The summed E-state index contributed by atoms with van der Waals surface area (Å²) in [6.07, 6.45) is -0.148. The Morgan fingerprint density at radius 1 is 1.37 bits per heavy atom. The minimum atomic E-state index is -1.55. The molecule has 0 amide bonds. The number of carbonyl (C=O) groups excluding carboxylic acids is 4. The van der Waals surface area contributed by atoms with Gasteiger partial charge in [0.1, 0.15) is 11.7 Å². The van der Waals surface area contributed by atoms with Crippen molar-refractivity contribution < 1.29 is 38.9 Å². The first-order valence-electron chi connectivity index (χ1n) is 10.4. The first kappa shape index (κ1) is 21.2. The third-order valence-electron chi connectivity index (χ3n) is 8.35. The predicted molar refractivity (Wildman–Crippen MR) is 102 cm³/mol. The molecule has 2 spiro atoms. The second-order valence-electron chi connectivity index (χ2n) is 9.77. The van der Waals surface area contributed by atoms with E-state index in [4.69, 9.17) is 9.47 Å². The summed E-state index contributed by atoms with van der Waals surface area (Å²) in [5.41, 5.74) is -3.42. The number of rotatable bonds is 3. The number of aliphatic hydroxyl groups is 2. The van der Waals surface area contributed by atoms with Gasteiger partial charge >= 0.3 is 11.9 Å². The van der Waals surface area contributed by atoms with Crippen LogP contribution in [-0.4, -0.2) is 59.6 Å². The lowest BCUT2D eigenvalue weighted by atomic mass is 9.43. The van der Waals surface area contributed by atoms with E-state index >= 15 is 0 Å². The number of hydrogen-bond acceptors (Lipinski definition) is 8. The topological polar surface area (TPSA) is 127 Å². The molecule has 3 aliphatic carbocycles. The summed E-state index contributed by atoms with van der Waals surface area (Å²) in [6.45, 7) is 6.44. The highest BCUT2D eigenvalue weighted by molar-refractivity contribution is 6.15. The van der Waals surface area contributed by atoms with Crippen molar-refractivity contribution in [1.82, 2.24) is 0 Å². The van der Waals surface area contributed by atoms with Crippen molar-refractivity contribution in [1.29, 1.82) is 0 Å². The molecule has 0 aromatic carbocycles. The number of aldehydes is 1. The summed E-state index contributed by atoms with van der Waals surface area (Å²) in [4.78, 5) is 50.1. The van der Waals surface area contributed by atoms with E-state index in [-0.39, 0.29) is 32.0 Å². The molecule has 8 heteroatoms. The zero-order valence-corrected chi connectivity index (χ0v) is 17.3. The number of cyclic esters (lactones) is 1. The molecule has 0 aromatic heterocycles. The molecule has 8 atom stereocenters. The third-order valence-corrected chi connectivity index (χ3v) is 8.35. The van der Waals surface area contributed by atoms with Crippen molar-refractivity contribution >= 4 is 24.0 Å². The van der Waals surface area contributed by atoms with Crippen LogP contribution in [0.1, 0.15) is 39.5 Å². The molecular weight excluding hydrogens is 392 g/mol. The van der Waals surface area contributed by atoms with Gasteiger partial charge in [0.15, 0.2) is 5.78 Å². The Hall–Kier alpha value is -2.06. The van der Waals surface area contributed by atoms with Gasteiger partial charge in [0, 0.05) is 29.6 Å². The molecule has 4 aliphatic rings. The Labute approximate surface area is 174 Å². The lowest BCUT2D eigenvalue weighted by molar-refractivity contribution is -0.240. The zero-order valence-electron chi connectivity index (χ0n) is 17.3. The number of hydrogen-bond donors (Lipinski definition) is 2. The number of allylic oxidation sites excluding steroid dienone is 1. The molecule has 30 heavy (non-hydrogen) atoms. The Balaban J connectivity index is 1.85. The van der Waals surface area contributed by atoms with Crippen LogP contribution in [0.2, 0.25) is 0 Å². The van der Waals surface area contributed by atoms with Crippen LogP contribution in [0.5, 0.6) is 0 Å². The highest BCUT2D eigenvalue weighted by atomic mass is 16.5. The van der Waals surface area contributed by atoms with E-state index in [1.807, 2.05) is 0 Å². The van der Waals surface area contributed by atoms with E-state index in [0.717, 1.165) is 0 Å². The van der Waals surface area contributed by atoms with Gasteiger partial charge in [0.05, 0.1) is 25.4 Å². The molecule has 2 unspecified atom stereocenters. The number of ketones is 1. The van der Waals surface area contributed by atoms with E-state index < -0.39 is 58.0 Å². The molecule has 1 saturated heterocycles. The minimum Gasteiger partial charge on any atom is -0.465 e. The highest BCUT2D eigenvalue weighted by Crippen LogP contribution is 2.67. The Bertz CT molecular complexity index is 835. The molecule has 0 radical (unpaired) electrons. The average molecular weight is 420 g/mol. The molecule has 4 rings (SSSR count). The normalized spacial score (nSPS) is 47.6. The monoisotopic (exact) mass is 420 g/mol. The molecule has 4 fully saturated rings. The number of Topliss-reactive ketones (excluding diaryl/α,β-unsaturated/α-hetero) is 1. The maximum atomic E-state index is 13.2. The second-order valence-corrected chi connectivity index (χ2v) is 9.77. The summed E-state index contributed by atoms with van der Waals surface area (Å²) < 4.78 is 10.7. The fraction of sp³-hybridized carbons (Fsp3) is 0.727. The van der Waals surface area contributed by atoms with Gasteiger partial charge in [0.2, 0.25) is 0 Å². The minimum absolute atomic E-state index is 0.133. The van der Waals surface area contributed by atoms with E-state index in [9.17, 15) is 29.4 Å². The van der Waals surface area contributed by atoms with Crippen LogP contribution in [0, 0.1) is 34.0 Å². The highest BCUT2D eigenvalue weighted by Gasteiger charge is 2.75. The van der Waals surface area contributed by atoms with E-state index in [1.54, 1.807) is 6.92 Å². The molecule has 1 aliphatic heterocycles. The molecule has 1 heterocycles. The van der Waals surface area contributed by atoms with Gasteiger partial charge in [-0.1, -0.05) is 13.5 Å². The molecule has 8 nitrogen and oxygen atoms in total. The van der Waals surface area contributed by atoms with E-state index in [2.05, 4.69) is 6.58 Å². The molecule has 164 valence electrons. The molecule has 2 bridgehead atoms. The van der Waals surface area contributed by atoms with Crippen molar-refractivity contribution in [3.63, 3.8) is 0 Å². The molecular formula is C22H28O8.